The Labute approximate surface area is 43.2 Å². The molecular formula is C2H8O2Si2. The summed E-state index contributed by atoms with van der Waals surface area (Å²) in [5.41, 5.74) is 0. The average molecular weight is 120 g/mol. The molecule has 0 atom stereocenters. The molecule has 0 fully saturated rings. The molecule has 0 aliphatic rings. The molecule has 0 aliphatic heterocycles. The van der Waals surface area contributed by atoms with Crippen LogP contribution in [0.4, 0.5) is 0 Å². The average Bonchev–Trinajstić information content (AvgIpc) is 1.61. The summed E-state index contributed by atoms with van der Waals surface area (Å²) in [5.74, 6) is 0. The molecular weight excluding hydrogens is 112 g/mol. The summed E-state index contributed by atoms with van der Waals surface area (Å²) in [4.78, 5) is 0. The van der Waals surface area contributed by atoms with Crippen LogP contribution in [0.1, 0.15) is 0 Å². The van der Waals surface area contributed by atoms with Crippen LogP contribution >= 0.6 is 0 Å². The third kappa shape index (κ3) is 3.77. The smallest absolute Gasteiger partial charge is 0.203 e. The van der Waals surface area contributed by atoms with E-state index in [-0.39, 0.29) is 0 Å². The van der Waals surface area contributed by atoms with E-state index in [0.29, 0.717) is 0 Å². The summed E-state index contributed by atoms with van der Waals surface area (Å²) >= 11 is 0. The van der Waals surface area contributed by atoms with E-state index in [0.717, 1.165) is 21.0 Å². The van der Waals surface area contributed by atoms with E-state index >= 15 is 0 Å². The van der Waals surface area contributed by atoms with Gasteiger partial charge >= 0.3 is 0 Å². The Morgan fingerprint density at radius 2 is 1.33 bits per heavy atom. The Bertz CT molecular complexity index is 38.8. The van der Waals surface area contributed by atoms with Gasteiger partial charge in [-0.1, -0.05) is 0 Å². The van der Waals surface area contributed by atoms with Gasteiger partial charge in [0.05, 0.1) is 12.5 Å². The minimum absolute atomic E-state index is 0.752. The Hall–Kier alpha value is -0.226. The number of rotatable bonds is 2. The summed E-state index contributed by atoms with van der Waals surface area (Å²) in [7, 11) is 1.50. The fourth-order valence-corrected chi connectivity index (χ4v) is 0.333. The molecule has 0 bridgehead atoms. The molecule has 0 saturated heterocycles. The topological polar surface area (TPSA) is 18.5 Å². The van der Waals surface area contributed by atoms with E-state index in [1.54, 1.807) is 12.5 Å². The molecule has 0 unspecified atom stereocenters. The third-order valence-corrected chi connectivity index (χ3v) is 0.872. The normalized spacial score (nSPS) is 10.0. The molecule has 0 aromatic carbocycles. The van der Waals surface area contributed by atoms with Crippen LogP contribution in [0.25, 0.3) is 0 Å². The van der Waals surface area contributed by atoms with Crippen molar-refractivity contribution in [1.82, 2.24) is 0 Å². The Morgan fingerprint density at radius 1 is 1.00 bits per heavy atom. The summed E-state index contributed by atoms with van der Waals surface area (Å²) in [6.07, 6.45) is 3.11. The molecule has 0 spiro atoms. The first-order valence-electron chi connectivity index (χ1n) is 1.62. The van der Waals surface area contributed by atoms with Gasteiger partial charge in [0.2, 0.25) is 21.0 Å². The molecule has 0 amide bonds. The fourth-order valence-electron chi connectivity index (χ4n) is 0.111. The van der Waals surface area contributed by atoms with E-state index in [9.17, 15) is 0 Å². The second-order valence-electron chi connectivity index (χ2n) is 0.744. The Balaban J connectivity index is 2.73. The van der Waals surface area contributed by atoms with E-state index in [2.05, 4.69) is 8.85 Å². The highest BCUT2D eigenvalue weighted by Gasteiger charge is 1.55. The van der Waals surface area contributed by atoms with Gasteiger partial charge in [-0.15, -0.1) is 0 Å². The van der Waals surface area contributed by atoms with Crippen LogP contribution in [0, 0.1) is 0 Å². The van der Waals surface area contributed by atoms with Crippen molar-refractivity contribution >= 4 is 21.0 Å². The van der Waals surface area contributed by atoms with Crippen molar-refractivity contribution in [2.24, 2.45) is 0 Å². The zero-order chi connectivity index (χ0) is 4.83. The van der Waals surface area contributed by atoms with Crippen LogP contribution in [0.5, 0.6) is 0 Å². The van der Waals surface area contributed by atoms with Gasteiger partial charge in [-0.2, -0.15) is 0 Å². The largest absolute Gasteiger partial charge is 0.556 e. The zero-order valence-corrected chi connectivity index (χ0v) is 7.97. The fraction of sp³-hybridized carbons (Fsp3) is 0. The van der Waals surface area contributed by atoms with E-state index < -0.39 is 0 Å². The SMILES string of the molecule is [SiH3]OC=CO[SiH3]. The highest BCUT2D eigenvalue weighted by atomic mass is 28.2. The predicted molar refractivity (Wildman–Crippen MR) is 31.2 cm³/mol. The van der Waals surface area contributed by atoms with Gasteiger partial charge in [0.15, 0.2) is 0 Å². The van der Waals surface area contributed by atoms with Crippen LogP contribution < -0.4 is 0 Å². The lowest BCUT2D eigenvalue weighted by atomic mass is 11.1. The van der Waals surface area contributed by atoms with Crippen LogP contribution in [-0.4, -0.2) is 21.0 Å². The number of hydrogen-bond donors (Lipinski definition) is 0. The van der Waals surface area contributed by atoms with Gasteiger partial charge < -0.3 is 8.85 Å². The van der Waals surface area contributed by atoms with Gasteiger partial charge in [0, 0.05) is 0 Å². The van der Waals surface area contributed by atoms with Crippen molar-refractivity contribution in [2.45, 2.75) is 0 Å². The standard InChI is InChI=1S/C2H8O2Si2/c5-3-1-2-4-6/h1-2H,5-6H3. The Morgan fingerprint density at radius 3 is 1.50 bits per heavy atom. The van der Waals surface area contributed by atoms with Crippen molar-refractivity contribution in [2.75, 3.05) is 0 Å². The molecule has 0 aromatic rings. The van der Waals surface area contributed by atoms with Gasteiger partial charge in [0.25, 0.3) is 0 Å². The van der Waals surface area contributed by atoms with Crippen LogP contribution in [-0.2, 0) is 8.85 Å². The van der Waals surface area contributed by atoms with Crippen LogP contribution in [0.15, 0.2) is 12.5 Å². The van der Waals surface area contributed by atoms with Crippen molar-refractivity contribution in [3.05, 3.63) is 12.5 Å². The molecule has 0 heterocycles. The summed E-state index contributed by atoms with van der Waals surface area (Å²) in [6, 6.07) is 0. The molecule has 6 heavy (non-hydrogen) atoms. The minimum atomic E-state index is 0.752. The lowest BCUT2D eigenvalue weighted by Crippen LogP contribution is -1.70. The van der Waals surface area contributed by atoms with Crippen molar-refractivity contribution in [3.8, 4) is 0 Å². The molecule has 2 nitrogen and oxygen atoms in total. The van der Waals surface area contributed by atoms with E-state index in [1.807, 2.05) is 0 Å². The second-order valence-corrected chi connectivity index (χ2v) is 1.69. The van der Waals surface area contributed by atoms with Gasteiger partial charge in [0.1, 0.15) is 0 Å². The molecule has 0 N–H and O–H groups in total. The molecule has 4 heteroatoms. The molecule has 0 aromatic heterocycles. The second kappa shape index (κ2) is 4.77. The summed E-state index contributed by atoms with van der Waals surface area (Å²) in [6.45, 7) is 0. The summed E-state index contributed by atoms with van der Waals surface area (Å²) in [5, 5.41) is 0. The monoisotopic (exact) mass is 120 g/mol. The molecule has 36 valence electrons. The van der Waals surface area contributed by atoms with Gasteiger partial charge in [-0.25, -0.2) is 0 Å². The Kier molecular flexibility index (Phi) is 4.59. The maximum absolute atomic E-state index is 4.64. The maximum Gasteiger partial charge on any atom is 0.203 e. The molecule has 0 aliphatic carbocycles. The zero-order valence-electron chi connectivity index (χ0n) is 3.97. The number of hydrogen-bond acceptors (Lipinski definition) is 2. The third-order valence-electron chi connectivity index (χ3n) is 0.328. The van der Waals surface area contributed by atoms with Crippen molar-refractivity contribution in [1.29, 1.82) is 0 Å². The first kappa shape index (κ1) is 5.77. The van der Waals surface area contributed by atoms with Crippen molar-refractivity contribution in [3.63, 3.8) is 0 Å². The lowest BCUT2D eigenvalue weighted by Gasteiger charge is -1.85. The first-order valence-corrected chi connectivity index (χ1v) is 3.25. The molecule has 0 radical (unpaired) electrons. The predicted octanol–water partition coefficient (Wildman–Crippen LogP) is -1.95. The first-order chi connectivity index (χ1) is 2.91. The lowest BCUT2D eigenvalue weighted by molar-refractivity contribution is 0.468. The van der Waals surface area contributed by atoms with E-state index in [4.69, 9.17) is 0 Å². The highest BCUT2D eigenvalue weighted by molar-refractivity contribution is 5.99. The minimum Gasteiger partial charge on any atom is -0.556 e. The quantitative estimate of drug-likeness (QED) is 0.311. The maximum atomic E-state index is 4.64. The van der Waals surface area contributed by atoms with Crippen LogP contribution in [0.3, 0.4) is 0 Å². The van der Waals surface area contributed by atoms with Crippen molar-refractivity contribution < 1.29 is 8.85 Å². The van der Waals surface area contributed by atoms with Gasteiger partial charge in [-0.3, -0.25) is 0 Å². The van der Waals surface area contributed by atoms with Gasteiger partial charge in [-0.05, 0) is 0 Å². The molecule has 0 rings (SSSR count). The summed E-state index contributed by atoms with van der Waals surface area (Å²) < 4.78 is 9.28. The van der Waals surface area contributed by atoms with Crippen LogP contribution in [0.2, 0.25) is 0 Å². The molecule has 0 saturated carbocycles. The highest BCUT2D eigenvalue weighted by Crippen LogP contribution is 1.67. The van der Waals surface area contributed by atoms with E-state index in [1.165, 1.54) is 0 Å².